The summed E-state index contributed by atoms with van der Waals surface area (Å²) in [6, 6.07) is 5.37. The van der Waals surface area contributed by atoms with Gasteiger partial charge in [-0.25, -0.2) is 4.98 Å². The second-order valence-corrected chi connectivity index (χ2v) is 9.16. The first kappa shape index (κ1) is 23.2. The number of carbonyl (C=O) groups is 1. The highest BCUT2D eigenvalue weighted by Gasteiger charge is 2.33. The Labute approximate surface area is 192 Å². The largest absolute Gasteiger partial charge is 0.366 e. The van der Waals surface area contributed by atoms with Gasteiger partial charge in [-0.1, -0.05) is 69.2 Å². The number of hydrogen-bond acceptors (Lipinski definition) is 6. The number of amides is 1. The van der Waals surface area contributed by atoms with Crippen LogP contribution in [0.25, 0.3) is 11.7 Å². The first-order chi connectivity index (χ1) is 15.0. The number of nitrogens with one attached hydrogen (secondary N) is 1. The molecule has 1 aliphatic rings. The number of aromatic nitrogens is 2. The van der Waals surface area contributed by atoms with Crippen LogP contribution in [-0.2, 0) is 4.79 Å². The Balaban J connectivity index is 1.96. The van der Waals surface area contributed by atoms with Crippen molar-refractivity contribution in [1.82, 2.24) is 14.3 Å². The molecule has 1 unspecified atom stereocenters. The number of unbranched alkanes of at least 4 members (excludes halogenated alkanes) is 1. The molecule has 1 atom stereocenters. The summed E-state index contributed by atoms with van der Waals surface area (Å²) < 4.78 is 2.02. The van der Waals surface area contributed by atoms with Crippen LogP contribution in [0.2, 0.25) is 0 Å². The fourth-order valence-corrected chi connectivity index (χ4v) is 4.76. The van der Waals surface area contributed by atoms with E-state index >= 15 is 0 Å². The molecule has 3 rings (SSSR count). The summed E-state index contributed by atoms with van der Waals surface area (Å²) in [5.41, 5.74) is 0.631. The number of nitrogens with zero attached hydrogens (tertiary/aromatic N) is 3. The van der Waals surface area contributed by atoms with Gasteiger partial charge in [0.15, 0.2) is 0 Å². The molecule has 1 fully saturated rings. The van der Waals surface area contributed by atoms with Gasteiger partial charge in [-0.3, -0.25) is 18.9 Å². The van der Waals surface area contributed by atoms with Crippen LogP contribution in [0.3, 0.4) is 0 Å². The number of fused-ring (bicyclic) bond motifs is 1. The van der Waals surface area contributed by atoms with Crippen LogP contribution in [0.5, 0.6) is 0 Å². The predicted octanol–water partition coefficient (Wildman–Crippen LogP) is 4.71. The van der Waals surface area contributed by atoms with E-state index in [1.807, 2.05) is 6.07 Å². The number of hydrogen-bond donors (Lipinski definition) is 1. The Morgan fingerprint density at radius 3 is 2.84 bits per heavy atom. The molecule has 3 heterocycles. The molecule has 2 aromatic rings. The van der Waals surface area contributed by atoms with Crippen molar-refractivity contribution < 1.29 is 4.79 Å². The average molecular weight is 457 g/mol. The minimum Gasteiger partial charge on any atom is -0.366 e. The summed E-state index contributed by atoms with van der Waals surface area (Å²) in [5.74, 6) is 0.701. The monoisotopic (exact) mass is 456 g/mol. The molecule has 0 bridgehead atoms. The van der Waals surface area contributed by atoms with Crippen molar-refractivity contribution in [2.75, 3.05) is 18.4 Å². The Hall–Kier alpha value is -2.45. The summed E-state index contributed by atoms with van der Waals surface area (Å²) in [6.45, 7) is 9.10. The van der Waals surface area contributed by atoms with E-state index < -0.39 is 0 Å². The Morgan fingerprint density at radius 2 is 2.13 bits per heavy atom. The third-order valence-corrected chi connectivity index (χ3v) is 6.69. The van der Waals surface area contributed by atoms with Crippen LogP contribution in [0.15, 0.2) is 46.8 Å². The van der Waals surface area contributed by atoms with E-state index in [4.69, 9.17) is 12.2 Å². The van der Waals surface area contributed by atoms with Gasteiger partial charge in [-0.05, 0) is 30.5 Å². The van der Waals surface area contributed by atoms with E-state index in [1.54, 1.807) is 35.4 Å². The van der Waals surface area contributed by atoms with Gasteiger partial charge >= 0.3 is 0 Å². The van der Waals surface area contributed by atoms with E-state index in [0.717, 1.165) is 25.7 Å². The number of pyridine rings is 1. The lowest BCUT2D eigenvalue weighted by molar-refractivity contribution is -0.122. The molecule has 0 aromatic carbocycles. The minimum atomic E-state index is -0.239. The van der Waals surface area contributed by atoms with Crippen LogP contribution < -0.4 is 10.9 Å². The van der Waals surface area contributed by atoms with Gasteiger partial charge in [0.05, 0.1) is 10.5 Å². The van der Waals surface area contributed by atoms with Crippen LogP contribution >= 0.6 is 24.0 Å². The number of rotatable bonds is 10. The highest BCUT2D eigenvalue weighted by molar-refractivity contribution is 8.26. The molecule has 8 heteroatoms. The second-order valence-electron chi connectivity index (χ2n) is 7.49. The number of thioether (sulfide) groups is 1. The molecule has 164 valence electrons. The zero-order valence-corrected chi connectivity index (χ0v) is 19.6. The van der Waals surface area contributed by atoms with Crippen LogP contribution in [-0.4, -0.2) is 37.6 Å². The van der Waals surface area contributed by atoms with E-state index in [9.17, 15) is 9.59 Å². The van der Waals surface area contributed by atoms with Crippen molar-refractivity contribution >= 4 is 51.7 Å². The van der Waals surface area contributed by atoms with Crippen molar-refractivity contribution in [3.05, 3.63) is 57.9 Å². The summed E-state index contributed by atoms with van der Waals surface area (Å²) >= 11 is 6.75. The summed E-state index contributed by atoms with van der Waals surface area (Å²) in [4.78, 5) is 33.0. The van der Waals surface area contributed by atoms with Gasteiger partial charge in [0.25, 0.3) is 11.5 Å². The van der Waals surface area contributed by atoms with Gasteiger partial charge in [-0.15, -0.1) is 6.58 Å². The lowest BCUT2D eigenvalue weighted by atomic mass is 9.99. The van der Waals surface area contributed by atoms with Crippen LogP contribution in [0.1, 0.15) is 45.1 Å². The molecule has 31 heavy (non-hydrogen) atoms. The fourth-order valence-electron chi connectivity index (χ4n) is 3.50. The molecule has 0 spiro atoms. The maximum absolute atomic E-state index is 13.2. The smallest absolute Gasteiger partial charge is 0.267 e. The Kier molecular flexibility index (Phi) is 8.03. The maximum atomic E-state index is 13.2. The number of thiocarbonyl (C=S) groups is 1. The second kappa shape index (κ2) is 10.7. The van der Waals surface area contributed by atoms with Crippen LogP contribution in [0, 0.1) is 5.92 Å². The third kappa shape index (κ3) is 5.25. The predicted molar refractivity (Wildman–Crippen MR) is 133 cm³/mol. The molecule has 0 aliphatic carbocycles. The molecule has 1 N–H and O–H groups in total. The zero-order chi connectivity index (χ0) is 22.4. The van der Waals surface area contributed by atoms with E-state index in [2.05, 4.69) is 30.7 Å². The molecular formula is C23H28N4O2S2. The van der Waals surface area contributed by atoms with Gasteiger partial charge in [0.1, 0.15) is 15.8 Å². The molecule has 1 amide bonds. The molecule has 0 saturated carbocycles. The molecule has 1 saturated heterocycles. The van der Waals surface area contributed by atoms with Crippen molar-refractivity contribution in [3.8, 4) is 0 Å². The first-order valence-electron chi connectivity index (χ1n) is 10.6. The summed E-state index contributed by atoms with van der Waals surface area (Å²) in [6.07, 6.45) is 9.33. The SMILES string of the molecule is C=CCNc1nc2ccccn2c(=O)c1C=C1SC(=S)N(CC(CC)CCCC)C1=O. The lowest BCUT2D eigenvalue weighted by Gasteiger charge is -2.21. The molecule has 0 radical (unpaired) electrons. The number of anilines is 1. The fraction of sp³-hybridized carbons (Fsp3) is 0.391. The third-order valence-electron chi connectivity index (χ3n) is 5.32. The van der Waals surface area contributed by atoms with Gasteiger partial charge in [0.2, 0.25) is 0 Å². The number of carbonyl (C=O) groups excluding carboxylic acids is 1. The molecular weight excluding hydrogens is 428 g/mol. The minimum absolute atomic E-state index is 0.142. The molecule has 2 aromatic heterocycles. The van der Waals surface area contributed by atoms with E-state index in [-0.39, 0.29) is 11.5 Å². The first-order valence-corrected chi connectivity index (χ1v) is 11.8. The summed E-state index contributed by atoms with van der Waals surface area (Å²) in [7, 11) is 0. The van der Waals surface area contributed by atoms with Gasteiger partial charge in [-0.2, -0.15) is 0 Å². The quantitative estimate of drug-likeness (QED) is 0.317. The molecule has 6 nitrogen and oxygen atoms in total. The van der Waals surface area contributed by atoms with Gasteiger partial charge in [0, 0.05) is 19.3 Å². The Bertz CT molecular complexity index is 1080. The highest BCUT2D eigenvalue weighted by atomic mass is 32.2. The normalized spacial score (nSPS) is 16.3. The van der Waals surface area contributed by atoms with Crippen molar-refractivity contribution in [1.29, 1.82) is 0 Å². The summed E-state index contributed by atoms with van der Waals surface area (Å²) in [5, 5.41) is 3.12. The zero-order valence-electron chi connectivity index (χ0n) is 18.0. The van der Waals surface area contributed by atoms with Crippen molar-refractivity contribution in [2.24, 2.45) is 5.92 Å². The average Bonchev–Trinajstić information content (AvgIpc) is 3.04. The Morgan fingerprint density at radius 1 is 1.32 bits per heavy atom. The molecule has 1 aliphatic heterocycles. The van der Waals surface area contributed by atoms with E-state index in [0.29, 0.717) is 45.3 Å². The standard InChI is InChI=1S/C23H28N4O2S2/c1-4-7-10-16(6-3)15-27-22(29)18(31-23(27)30)14-17-20(24-12-5-2)25-19-11-8-9-13-26(19)21(17)28/h5,8-9,11,13-14,16,24H,2,4,6-7,10,12,15H2,1,3H3. The topological polar surface area (TPSA) is 66.7 Å². The van der Waals surface area contributed by atoms with Crippen molar-refractivity contribution in [2.45, 2.75) is 39.5 Å². The highest BCUT2D eigenvalue weighted by Crippen LogP contribution is 2.34. The maximum Gasteiger partial charge on any atom is 0.267 e. The van der Waals surface area contributed by atoms with E-state index in [1.165, 1.54) is 16.2 Å². The van der Waals surface area contributed by atoms with Crippen molar-refractivity contribution in [3.63, 3.8) is 0 Å². The van der Waals surface area contributed by atoms with Crippen LogP contribution in [0.4, 0.5) is 5.82 Å². The lowest BCUT2D eigenvalue weighted by Crippen LogP contribution is -2.33. The van der Waals surface area contributed by atoms with Gasteiger partial charge < -0.3 is 5.32 Å².